The third kappa shape index (κ3) is 8.29. The van der Waals surface area contributed by atoms with Crippen LogP contribution in [0.2, 0.25) is 0 Å². The number of benzene rings is 2. The normalized spacial score (nSPS) is 12.9. The molecule has 0 radical (unpaired) electrons. The van der Waals surface area contributed by atoms with Crippen molar-refractivity contribution in [3.05, 3.63) is 116 Å². The van der Waals surface area contributed by atoms with Crippen LogP contribution in [0.3, 0.4) is 0 Å². The summed E-state index contributed by atoms with van der Waals surface area (Å²) in [5.74, 6) is -6.19. The van der Waals surface area contributed by atoms with Gasteiger partial charge >= 0.3 is 11.9 Å². The Morgan fingerprint density at radius 3 is 1.08 bits per heavy atom. The van der Waals surface area contributed by atoms with Gasteiger partial charge in [0.15, 0.2) is 45.9 Å². The molecule has 380 valence electrons. The summed E-state index contributed by atoms with van der Waals surface area (Å²) in [4.78, 5) is 92.0. The number of nitrogens with zero attached hydrogens (tertiary/aromatic N) is 4. The Hall–Kier alpha value is -10.3. The highest BCUT2D eigenvalue weighted by molar-refractivity contribution is 6.26. The first kappa shape index (κ1) is 51.6. The molecule has 8 rings (SSSR count). The number of aromatic hydroxyl groups is 2. The maximum Gasteiger partial charge on any atom is 0.354 e. The number of aromatic nitrogens is 4. The molecule has 12 N–H and O–H groups in total. The van der Waals surface area contributed by atoms with Crippen LogP contribution in [0.1, 0.15) is 73.8 Å². The van der Waals surface area contributed by atoms with E-state index in [0.717, 1.165) is 0 Å². The molecule has 0 amide bonds. The SMILES string of the molecule is COC1=C(N)C(=O)c2nc(-c3nc(C(=O)O)c(C)c(-c4ccc(OC)c(OC)c4O)c3N)ccc2C1=O.COC1=C(N)C(=O)c2nc(-c3nc(C(=O)O)c(C)c(-c4ccc(OC)c(OC)c4O)c3N)ccc2C1=O. The van der Waals surface area contributed by atoms with Crippen molar-refractivity contribution >= 4 is 46.4 Å². The van der Waals surface area contributed by atoms with Crippen LogP contribution in [-0.4, -0.2) is 118 Å². The van der Waals surface area contributed by atoms with Gasteiger partial charge in [-0.05, 0) is 73.5 Å². The Bertz CT molecular complexity index is 3320. The monoisotopic (exact) mass is 1010 g/mol. The van der Waals surface area contributed by atoms with Crippen LogP contribution >= 0.6 is 0 Å². The molecular formula is C50H44N8O16. The summed E-state index contributed by atoms with van der Waals surface area (Å²) in [5.41, 5.74) is 23.1. The molecule has 0 unspecified atom stereocenters. The van der Waals surface area contributed by atoms with Crippen molar-refractivity contribution in [2.24, 2.45) is 11.5 Å². The minimum absolute atomic E-state index is 0.00906. The van der Waals surface area contributed by atoms with Gasteiger partial charge in [-0.2, -0.15) is 0 Å². The Labute approximate surface area is 418 Å². The first-order valence-corrected chi connectivity index (χ1v) is 21.4. The van der Waals surface area contributed by atoms with Crippen LogP contribution in [0.5, 0.6) is 34.5 Å². The van der Waals surface area contributed by atoms with Crippen molar-refractivity contribution in [3.63, 3.8) is 0 Å². The number of ether oxygens (including phenoxy) is 6. The second-order valence-corrected chi connectivity index (χ2v) is 15.8. The number of fused-ring (bicyclic) bond motifs is 2. The number of methoxy groups -OCH3 is 6. The largest absolute Gasteiger partial charge is 0.504 e. The number of anilines is 2. The van der Waals surface area contributed by atoms with Gasteiger partial charge in [-0.25, -0.2) is 29.5 Å². The van der Waals surface area contributed by atoms with Gasteiger partial charge in [-0.3, -0.25) is 19.2 Å². The zero-order chi connectivity index (χ0) is 54.4. The minimum Gasteiger partial charge on any atom is -0.504 e. The van der Waals surface area contributed by atoms with E-state index in [4.69, 9.17) is 51.4 Å². The van der Waals surface area contributed by atoms with Gasteiger partial charge in [0.2, 0.25) is 34.6 Å². The number of carbonyl (C=O) groups is 6. The van der Waals surface area contributed by atoms with E-state index in [9.17, 15) is 49.2 Å². The molecule has 2 aliphatic rings. The molecule has 0 saturated heterocycles. The van der Waals surface area contributed by atoms with Crippen molar-refractivity contribution < 1.29 is 77.6 Å². The number of carboxylic acids is 2. The fourth-order valence-corrected chi connectivity index (χ4v) is 8.37. The zero-order valence-corrected chi connectivity index (χ0v) is 40.4. The van der Waals surface area contributed by atoms with Gasteiger partial charge in [0.25, 0.3) is 0 Å². The number of phenols is 2. The van der Waals surface area contributed by atoms with E-state index in [1.165, 1.54) is 105 Å². The average Bonchev–Trinajstić information content (AvgIpc) is 3.38. The Morgan fingerprint density at radius 1 is 0.446 bits per heavy atom. The lowest BCUT2D eigenvalue weighted by atomic mass is 9.93. The number of nitrogens with two attached hydrogens (primary N) is 4. The van der Waals surface area contributed by atoms with Crippen LogP contribution in [0.15, 0.2) is 71.4 Å². The summed E-state index contributed by atoms with van der Waals surface area (Å²) in [7, 11) is 7.90. The number of Topliss-reactive ketones (excluding diaryl/α,β-unsaturated/α-hetero) is 4. The van der Waals surface area contributed by atoms with E-state index in [-0.39, 0.29) is 147 Å². The van der Waals surface area contributed by atoms with Gasteiger partial charge in [-0.1, -0.05) is 0 Å². The van der Waals surface area contributed by atoms with Crippen LogP contribution in [-0.2, 0) is 9.47 Å². The maximum absolute atomic E-state index is 12.8. The molecule has 74 heavy (non-hydrogen) atoms. The molecule has 4 heterocycles. The predicted molar refractivity (Wildman–Crippen MR) is 261 cm³/mol. The Balaban J connectivity index is 0.000000216. The predicted octanol–water partition coefficient (Wildman–Crippen LogP) is 4.64. The van der Waals surface area contributed by atoms with Crippen molar-refractivity contribution in [2.45, 2.75) is 13.8 Å². The van der Waals surface area contributed by atoms with Gasteiger partial charge in [0.1, 0.15) is 34.2 Å². The van der Waals surface area contributed by atoms with Crippen LogP contribution in [0.4, 0.5) is 11.4 Å². The molecule has 24 heteroatoms. The van der Waals surface area contributed by atoms with Gasteiger partial charge in [-0.15, -0.1) is 0 Å². The molecule has 0 atom stereocenters. The molecule has 2 aromatic carbocycles. The highest BCUT2D eigenvalue weighted by atomic mass is 16.5. The van der Waals surface area contributed by atoms with Gasteiger partial charge in [0.05, 0.1) is 76.5 Å². The number of carboxylic acid groups (broad SMARTS) is 2. The molecule has 0 spiro atoms. The van der Waals surface area contributed by atoms with E-state index in [0.29, 0.717) is 0 Å². The highest BCUT2D eigenvalue weighted by Crippen LogP contribution is 2.49. The summed E-state index contributed by atoms with van der Waals surface area (Å²) in [5, 5.41) is 41.6. The van der Waals surface area contributed by atoms with E-state index in [1.54, 1.807) is 0 Å². The van der Waals surface area contributed by atoms with Crippen molar-refractivity contribution in [3.8, 4) is 79.5 Å². The molecule has 0 aliphatic heterocycles. The smallest absolute Gasteiger partial charge is 0.354 e. The van der Waals surface area contributed by atoms with Crippen LogP contribution in [0.25, 0.3) is 45.0 Å². The second-order valence-electron chi connectivity index (χ2n) is 15.8. The first-order chi connectivity index (χ1) is 35.1. The molecule has 6 aromatic rings. The summed E-state index contributed by atoms with van der Waals surface area (Å²) in [6, 6.07) is 11.4. The molecule has 0 fully saturated rings. The van der Waals surface area contributed by atoms with Crippen LogP contribution in [0, 0.1) is 13.8 Å². The van der Waals surface area contributed by atoms with Crippen molar-refractivity contribution in [1.82, 2.24) is 19.9 Å². The maximum atomic E-state index is 12.8. The number of ketones is 4. The van der Waals surface area contributed by atoms with E-state index in [1.807, 2.05) is 0 Å². The van der Waals surface area contributed by atoms with Crippen molar-refractivity contribution in [1.29, 1.82) is 0 Å². The number of hydrogen-bond acceptors (Lipinski definition) is 22. The molecular weight excluding hydrogens is 969 g/mol. The Kier molecular flexibility index (Phi) is 13.8. The van der Waals surface area contributed by atoms with Crippen molar-refractivity contribution in [2.75, 3.05) is 54.1 Å². The molecule has 24 nitrogen and oxygen atoms in total. The number of pyridine rings is 4. The molecule has 4 aromatic heterocycles. The van der Waals surface area contributed by atoms with E-state index >= 15 is 0 Å². The van der Waals surface area contributed by atoms with E-state index in [2.05, 4.69) is 19.9 Å². The third-order valence-corrected chi connectivity index (χ3v) is 11.9. The van der Waals surface area contributed by atoms with Gasteiger partial charge in [0, 0.05) is 22.3 Å². The standard InChI is InChI=1S/2C25H22N4O8/c2*1-9-14(10-6-8-13(35-2)23(36-3)20(10)30)15(26)19(29-17(9)25(33)34)12-7-5-11-18(28-12)22(32)16(27)24(37-4)21(11)31/h2*5-8,30H,26-27H2,1-4H3,(H,33,34). The number of rotatable bonds is 12. The van der Waals surface area contributed by atoms with Gasteiger partial charge < -0.3 is 71.8 Å². The number of allylic oxidation sites excluding steroid dienone is 4. The Morgan fingerprint density at radius 2 is 0.784 bits per heavy atom. The second kappa shape index (κ2) is 19.9. The summed E-state index contributed by atoms with van der Waals surface area (Å²) in [6.07, 6.45) is 0. The lowest BCUT2D eigenvalue weighted by Crippen LogP contribution is -2.28. The topological polar surface area (TPSA) is 394 Å². The third-order valence-electron chi connectivity index (χ3n) is 11.9. The lowest BCUT2D eigenvalue weighted by molar-refractivity contribution is 0.0679. The minimum atomic E-state index is -1.36. The molecule has 0 saturated carbocycles. The average molecular weight is 1010 g/mol. The summed E-state index contributed by atoms with van der Waals surface area (Å²) < 4.78 is 30.8. The van der Waals surface area contributed by atoms with Crippen LogP contribution < -0.4 is 41.9 Å². The van der Waals surface area contributed by atoms with E-state index < -0.39 is 46.5 Å². The highest BCUT2D eigenvalue weighted by Gasteiger charge is 2.36. The quantitative estimate of drug-likeness (QED) is 0.0827. The fraction of sp³-hybridized carbons (Fsp3) is 0.160. The number of carbonyl (C=O) groups excluding carboxylic acids is 4. The molecule has 0 bridgehead atoms. The summed E-state index contributed by atoms with van der Waals surface area (Å²) >= 11 is 0. The molecule has 2 aliphatic carbocycles. The number of phenolic OH excluding ortho intramolecular Hbond substituents is 2. The zero-order valence-electron chi connectivity index (χ0n) is 40.4. The lowest BCUT2D eigenvalue weighted by Gasteiger charge is -2.20. The summed E-state index contributed by atoms with van der Waals surface area (Å²) in [6.45, 7) is 2.98. The number of nitrogen functional groups attached to an aromatic ring is 2. The first-order valence-electron chi connectivity index (χ1n) is 21.4. The number of aromatic carboxylic acids is 2. The fourth-order valence-electron chi connectivity index (χ4n) is 8.37. The number of hydrogen-bond donors (Lipinski definition) is 8.